The number of nitrogens with zero attached hydrogens (tertiary/aromatic N) is 1. The Labute approximate surface area is 215 Å². The van der Waals surface area contributed by atoms with Crippen molar-refractivity contribution >= 4 is 23.6 Å². The molecule has 2 N–H and O–H groups in total. The molecule has 7 heteroatoms. The number of amides is 3. The van der Waals surface area contributed by atoms with E-state index in [0.717, 1.165) is 22.3 Å². The van der Waals surface area contributed by atoms with Crippen LogP contribution in [0.2, 0.25) is 0 Å². The van der Waals surface area contributed by atoms with Crippen molar-refractivity contribution in [1.82, 2.24) is 10.2 Å². The van der Waals surface area contributed by atoms with E-state index in [1.807, 2.05) is 84.0 Å². The predicted molar refractivity (Wildman–Crippen MR) is 144 cm³/mol. The summed E-state index contributed by atoms with van der Waals surface area (Å²) < 4.78 is 5.30. The molecule has 0 fully saturated rings. The number of nitrogens with one attached hydrogen (secondary N) is 2. The maximum atomic E-state index is 13.9. The lowest BCUT2D eigenvalue weighted by Gasteiger charge is -2.43. The number of aryl methyl sites for hydroxylation is 3. The van der Waals surface area contributed by atoms with Gasteiger partial charge in [-0.15, -0.1) is 0 Å². The second kappa shape index (κ2) is 11.6. The van der Waals surface area contributed by atoms with E-state index >= 15 is 0 Å². The van der Waals surface area contributed by atoms with E-state index in [9.17, 15) is 14.4 Å². The molecule has 0 aromatic heterocycles. The third kappa shape index (κ3) is 7.57. The van der Waals surface area contributed by atoms with Crippen LogP contribution >= 0.6 is 0 Å². The van der Waals surface area contributed by atoms with E-state index in [-0.39, 0.29) is 18.4 Å². The molecule has 0 saturated heterocycles. The Morgan fingerprint density at radius 1 is 0.944 bits per heavy atom. The van der Waals surface area contributed by atoms with Gasteiger partial charge < -0.3 is 20.3 Å². The molecule has 0 aliphatic carbocycles. The molecule has 36 heavy (non-hydrogen) atoms. The first-order chi connectivity index (χ1) is 16.7. The van der Waals surface area contributed by atoms with Crippen molar-refractivity contribution in [3.8, 4) is 0 Å². The van der Waals surface area contributed by atoms with Crippen molar-refractivity contribution in [2.24, 2.45) is 0 Å². The van der Waals surface area contributed by atoms with Gasteiger partial charge in [0.25, 0.3) is 5.91 Å². The minimum absolute atomic E-state index is 0.294. The third-order valence-electron chi connectivity index (χ3n) is 6.20. The zero-order valence-electron chi connectivity index (χ0n) is 23.1. The van der Waals surface area contributed by atoms with Crippen molar-refractivity contribution < 1.29 is 19.1 Å². The summed E-state index contributed by atoms with van der Waals surface area (Å²) in [6, 6.07) is 12.5. The summed E-state index contributed by atoms with van der Waals surface area (Å²) in [6.45, 7) is 16.7. The zero-order chi connectivity index (χ0) is 27.3. The van der Waals surface area contributed by atoms with Gasteiger partial charge in [0, 0.05) is 11.2 Å². The summed E-state index contributed by atoms with van der Waals surface area (Å²) in [5, 5.41) is 5.59. The van der Waals surface area contributed by atoms with Crippen LogP contribution < -0.4 is 10.6 Å². The number of carbonyl (C=O) groups excluding carboxylic acids is 3. The fourth-order valence-electron chi connectivity index (χ4n) is 3.99. The first kappa shape index (κ1) is 28.9. The number of alkyl carbamates (subject to hydrolysis) is 1. The molecular weight excluding hydrogens is 454 g/mol. The van der Waals surface area contributed by atoms with E-state index in [2.05, 4.69) is 10.6 Å². The van der Waals surface area contributed by atoms with Crippen molar-refractivity contribution in [3.05, 3.63) is 64.7 Å². The number of carbonyl (C=O) groups is 3. The maximum absolute atomic E-state index is 13.9. The van der Waals surface area contributed by atoms with Crippen LogP contribution in [0, 0.1) is 20.8 Å². The van der Waals surface area contributed by atoms with Crippen LogP contribution in [0.15, 0.2) is 42.5 Å². The highest BCUT2D eigenvalue weighted by Crippen LogP contribution is 2.34. The topological polar surface area (TPSA) is 87.7 Å². The Morgan fingerprint density at radius 2 is 1.58 bits per heavy atom. The monoisotopic (exact) mass is 495 g/mol. The summed E-state index contributed by atoms with van der Waals surface area (Å²) in [7, 11) is 0. The number of benzene rings is 2. The van der Waals surface area contributed by atoms with Crippen LogP contribution in [0.25, 0.3) is 0 Å². The molecule has 3 amide bonds. The molecule has 0 radical (unpaired) electrons. The molecule has 2 aromatic carbocycles. The number of hydrogen-bond acceptors (Lipinski definition) is 4. The van der Waals surface area contributed by atoms with Crippen LogP contribution in [-0.2, 0) is 14.3 Å². The number of ether oxygens (including phenoxy) is 1. The second-order valence-corrected chi connectivity index (χ2v) is 10.9. The summed E-state index contributed by atoms with van der Waals surface area (Å²) in [5.41, 5.74) is 2.94. The molecule has 2 rings (SSSR count). The number of rotatable bonds is 8. The van der Waals surface area contributed by atoms with E-state index < -0.39 is 23.3 Å². The molecule has 0 heterocycles. The molecular formula is C29H41N3O4. The molecule has 0 bridgehead atoms. The van der Waals surface area contributed by atoms with Crippen molar-refractivity contribution in [1.29, 1.82) is 0 Å². The first-order valence-corrected chi connectivity index (χ1v) is 12.4. The van der Waals surface area contributed by atoms with E-state index in [1.54, 1.807) is 25.7 Å². The lowest BCUT2D eigenvalue weighted by atomic mass is 9.90. The minimum atomic E-state index is -0.909. The van der Waals surface area contributed by atoms with E-state index in [1.165, 1.54) is 0 Å². The Hall–Kier alpha value is -3.35. The van der Waals surface area contributed by atoms with Crippen molar-refractivity contribution in [3.63, 3.8) is 0 Å². The van der Waals surface area contributed by atoms with Gasteiger partial charge in [0.05, 0.1) is 0 Å². The van der Waals surface area contributed by atoms with Gasteiger partial charge in [-0.3, -0.25) is 9.59 Å². The zero-order valence-corrected chi connectivity index (χ0v) is 23.1. The van der Waals surface area contributed by atoms with Gasteiger partial charge in [0.2, 0.25) is 5.91 Å². The SMILES string of the molecule is CCC(C)(C)N(C(=O)CNC(=O)OC(C)(C)C)C(C(=O)Nc1ccccc1C)c1ccc(C)cc1C. The summed E-state index contributed by atoms with van der Waals surface area (Å²) in [5.74, 6) is -0.694. The Kier molecular flexibility index (Phi) is 9.30. The first-order valence-electron chi connectivity index (χ1n) is 12.4. The molecule has 7 nitrogen and oxygen atoms in total. The number of anilines is 1. The molecule has 2 aromatic rings. The summed E-state index contributed by atoms with van der Waals surface area (Å²) in [6.07, 6.45) is -0.0814. The largest absolute Gasteiger partial charge is 0.444 e. The van der Waals surface area contributed by atoms with E-state index in [0.29, 0.717) is 12.1 Å². The maximum Gasteiger partial charge on any atom is 0.408 e. The highest BCUT2D eigenvalue weighted by atomic mass is 16.6. The standard InChI is InChI=1S/C29H41N3O4/c1-10-29(8,9)32(24(33)18-30-27(35)36-28(5,6)7)25(22-16-15-19(2)17-21(22)4)26(34)31-23-14-12-11-13-20(23)3/h11-17,25H,10,18H2,1-9H3,(H,30,35)(H,31,34). The van der Waals surface area contributed by atoms with Crippen LogP contribution in [0.5, 0.6) is 0 Å². The average Bonchev–Trinajstić information content (AvgIpc) is 2.76. The van der Waals surface area contributed by atoms with Gasteiger partial charge in [-0.2, -0.15) is 0 Å². The van der Waals surface area contributed by atoms with Gasteiger partial charge in [-0.25, -0.2) is 4.79 Å². The van der Waals surface area contributed by atoms with Gasteiger partial charge in [-0.05, 0) is 84.6 Å². The third-order valence-corrected chi connectivity index (χ3v) is 6.20. The highest BCUT2D eigenvalue weighted by molar-refractivity contribution is 5.99. The summed E-state index contributed by atoms with van der Waals surface area (Å²) in [4.78, 5) is 41.5. The number of hydrogen-bond donors (Lipinski definition) is 2. The Morgan fingerprint density at radius 3 is 2.14 bits per heavy atom. The molecule has 0 spiro atoms. The minimum Gasteiger partial charge on any atom is -0.444 e. The molecule has 0 aliphatic heterocycles. The number of para-hydroxylation sites is 1. The Balaban J connectivity index is 2.53. The van der Waals surface area contributed by atoms with Gasteiger partial charge in [0.15, 0.2) is 0 Å². The lowest BCUT2D eigenvalue weighted by molar-refractivity contribution is -0.145. The molecule has 1 atom stereocenters. The average molecular weight is 496 g/mol. The molecule has 0 saturated carbocycles. The molecule has 196 valence electrons. The smallest absolute Gasteiger partial charge is 0.408 e. The van der Waals surface area contributed by atoms with Crippen molar-refractivity contribution in [2.45, 2.75) is 85.9 Å². The van der Waals surface area contributed by atoms with Crippen LogP contribution in [0.3, 0.4) is 0 Å². The molecule has 0 aliphatic rings. The van der Waals surface area contributed by atoms with Gasteiger partial charge >= 0.3 is 6.09 Å². The lowest BCUT2D eigenvalue weighted by Crippen LogP contribution is -2.55. The van der Waals surface area contributed by atoms with Crippen LogP contribution in [-0.4, -0.2) is 40.5 Å². The fraction of sp³-hybridized carbons (Fsp3) is 0.483. The summed E-state index contributed by atoms with van der Waals surface area (Å²) >= 11 is 0. The Bertz CT molecular complexity index is 1100. The van der Waals surface area contributed by atoms with Gasteiger partial charge in [-0.1, -0.05) is 48.9 Å². The van der Waals surface area contributed by atoms with Gasteiger partial charge in [0.1, 0.15) is 18.2 Å². The highest BCUT2D eigenvalue weighted by Gasteiger charge is 2.40. The fourth-order valence-corrected chi connectivity index (χ4v) is 3.99. The van der Waals surface area contributed by atoms with Crippen LogP contribution in [0.4, 0.5) is 10.5 Å². The normalized spacial score (nSPS) is 12.5. The van der Waals surface area contributed by atoms with Crippen LogP contribution in [0.1, 0.15) is 76.3 Å². The van der Waals surface area contributed by atoms with Crippen molar-refractivity contribution in [2.75, 3.05) is 11.9 Å². The molecule has 1 unspecified atom stereocenters. The second-order valence-electron chi connectivity index (χ2n) is 10.9. The van der Waals surface area contributed by atoms with E-state index in [4.69, 9.17) is 4.74 Å². The predicted octanol–water partition coefficient (Wildman–Crippen LogP) is 5.83. The quantitative estimate of drug-likeness (QED) is 0.482.